The fraction of sp³-hybridized carbons (Fsp3) is 0.500. The number of aliphatic hydroxyl groups is 3. The largest absolute Gasteiger partial charge is 0.479 e. The Morgan fingerprint density at radius 2 is 1.27 bits per heavy atom. The molecule has 0 aromatic carbocycles. The Hall–Kier alpha value is -1.71. The van der Waals surface area contributed by atoms with Crippen LogP contribution in [-0.2, 0) is 14.4 Å². The first-order valence-electron chi connectivity index (χ1n) is 3.43. The molecule has 9 nitrogen and oxygen atoms in total. The molecule has 0 saturated carbocycles. The molecular formula is C6H8O9. The summed E-state index contributed by atoms with van der Waals surface area (Å²) in [6.45, 7) is 0. The number of hydrogen-bond acceptors (Lipinski definition) is 6. The molecule has 0 radical (unpaired) electrons. The summed E-state index contributed by atoms with van der Waals surface area (Å²) in [6.07, 6.45) is -5.63. The van der Waals surface area contributed by atoms with Crippen LogP contribution in [0.4, 0.5) is 0 Å². The van der Waals surface area contributed by atoms with Crippen molar-refractivity contribution in [3.05, 3.63) is 0 Å². The highest BCUT2D eigenvalue weighted by Crippen LogP contribution is 2.15. The summed E-state index contributed by atoms with van der Waals surface area (Å²) < 4.78 is 0. The highest BCUT2D eigenvalue weighted by molar-refractivity contribution is 6.03. The normalized spacial score (nSPS) is 15.4. The van der Waals surface area contributed by atoms with E-state index < -0.39 is 35.7 Å². The summed E-state index contributed by atoms with van der Waals surface area (Å²) in [6, 6.07) is 0. The minimum atomic E-state index is -3.78. The van der Waals surface area contributed by atoms with Crippen LogP contribution in [-0.4, -0.2) is 66.4 Å². The van der Waals surface area contributed by atoms with E-state index in [1.54, 1.807) is 0 Å². The maximum atomic E-state index is 10.3. The van der Waals surface area contributed by atoms with Gasteiger partial charge in [-0.2, -0.15) is 0 Å². The minimum absolute atomic E-state index is 2.07. The van der Waals surface area contributed by atoms with Gasteiger partial charge in [0.2, 0.25) is 0 Å². The second-order valence-electron chi connectivity index (χ2n) is 2.60. The maximum Gasteiger partial charge on any atom is 0.350 e. The second-order valence-corrected chi connectivity index (χ2v) is 2.60. The Bertz CT molecular complexity index is 281. The number of carbonyl (C=O) groups is 3. The monoisotopic (exact) mass is 224 g/mol. The van der Waals surface area contributed by atoms with Crippen molar-refractivity contribution in [2.45, 2.75) is 17.8 Å². The average molecular weight is 224 g/mol. The van der Waals surface area contributed by atoms with Crippen LogP contribution >= 0.6 is 0 Å². The van der Waals surface area contributed by atoms with Gasteiger partial charge in [-0.25, -0.2) is 14.4 Å². The van der Waals surface area contributed by atoms with Crippen LogP contribution < -0.4 is 0 Å². The molecule has 86 valence electrons. The van der Waals surface area contributed by atoms with Gasteiger partial charge in [0.1, 0.15) is 6.10 Å². The van der Waals surface area contributed by atoms with Crippen LogP contribution in [0, 0.1) is 0 Å². The second kappa shape index (κ2) is 4.21. The van der Waals surface area contributed by atoms with Crippen LogP contribution in [0.3, 0.4) is 0 Å². The highest BCUT2D eigenvalue weighted by atomic mass is 16.5. The predicted molar refractivity (Wildman–Crippen MR) is 39.9 cm³/mol. The Kier molecular flexibility index (Phi) is 3.73. The van der Waals surface area contributed by atoms with E-state index in [1.165, 1.54) is 0 Å². The van der Waals surface area contributed by atoms with Gasteiger partial charge in [-0.1, -0.05) is 0 Å². The first-order chi connectivity index (χ1) is 6.65. The number of carboxylic acid groups (broad SMARTS) is 3. The lowest BCUT2D eigenvalue weighted by atomic mass is 9.93. The third kappa shape index (κ3) is 2.21. The van der Waals surface area contributed by atoms with Crippen molar-refractivity contribution in [3.8, 4) is 0 Å². The molecule has 2 atom stereocenters. The van der Waals surface area contributed by atoms with E-state index in [-0.39, 0.29) is 0 Å². The van der Waals surface area contributed by atoms with Crippen molar-refractivity contribution in [1.29, 1.82) is 0 Å². The quantitative estimate of drug-likeness (QED) is 0.261. The maximum absolute atomic E-state index is 10.3. The molecular weight excluding hydrogens is 216 g/mol. The van der Waals surface area contributed by atoms with E-state index in [2.05, 4.69) is 0 Å². The van der Waals surface area contributed by atoms with Crippen molar-refractivity contribution >= 4 is 17.9 Å². The van der Waals surface area contributed by atoms with Crippen molar-refractivity contribution in [2.24, 2.45) is 0 Å². The molecule has 2 unspecified atom stereocenters. The zero-order chi connectivity index (χ0) is 12.4. The predicted octanol–water partition coefficient (Wildman–Crippen LogP) is -3.31. The molecule has 0 bridgehead atoms. The van der Waals surface area contributed by atoms with E-state index >= 15 is 0 Å². The van der Waals surface area contributed by atoms with E-state index in [0.717, 1.165) is 0 Å². The summed E-state index contributed by atoms with van der Waals surface area (Å²) in [5.74, 6) is -6.84. The van der Waals surface area contributed by atoms with E-state index in [4.69, 9.17) is 30.6 Å². The van der Waals surface area contributed by atoms with Crippen molar-refractivity contribution in [1.82, 2.24) is 0 Å². The van der Waals surface area contributed by atoms with Crippen LogP contribution in [0.25, 0.3) is 0 Å². The van der Waals surface area contributed by atoms with E-state index in [1.807, 2.05) is 0 Å². The topological polar surface area (TPSA) is 173 Å². The minimum Gasteiger partial charge on any atom is -0.479 e. The summed E-state index contributed by atoms with van der Waals surface area (Å²) >= 11 is 0. The molecule has 6 N–H and O–H groups in total. The summed E-state index contributed by atoms with van der Waals surface area (Å²) in [5.41, 5.74) is -3.78. The molecule has 0 amide bonds. The standard InChI is InChI=1S/C6H8O9/c7-1(3(9)10)2(8)6(15,4(11)12)5(13)14/h1-2,7-8,15H,(H,9,10)(H,11,12)(H,13,14). The Morgan fingerprint density at radius 3 is 1.47 bits per heavy atom. The van der Waals surface area contributed by atoms with Gasteiger partial charge >= 0.3 is 17.9 Å². The zero-order valence-electron chi connectivity index (χ0n) is 7.06. The van der Waals surface area contributed by atoms with Crippen LogP contribution in [0.5, 0.6) is 0 Å². The van der Waals surface area contributed by atoms with Gasteiger partial charge in [-0.05, 0) is 0 Å². The molecule has 9 heteroatoms. The average Bonchev–Trinajstić information content (AvgIpc) is 2.13. The molecule has 0 saturated heterocycles. The number of hydrogen-bond donors (Lipinski definition) is 6. The van der Waals surface area contributed by atoms with Crippen LogP contribution in [0.1, 0.15) is 0 Å². The van der Waals surface area contributed by atoms with Gasteiger partial charge in [0.25, 0.3) is 5.60 Å². The van der Waals surface area contributed by atoms with Gasteiger partial charge in [0.15, 0.2) is 6.10 Å². The molecule has 0 aliphatic carbocycles. The summed E-state index contributed by atoms with van der Waals surface area (Å²) in [7, 11) is 0. The molecule has 0 aromatic heterocycles. The third-order valence-corrected chi connectivity index (χ3v) is 1.63. The number of aliphatic hydroxyl groups excluding tert-OH is 2. The van der Waals surface area contributed by atoms with Crippen molar-refractivity contribution in [2.75, 3.05) is 0 Å². The Labute approximate surface area is 81.8 Å². The number of rotatable bonds is 5. The van der Waals surface area contributed by atoms with Crippen LogP contribution in [0.2, 0.25) is 0 Å². The molecule has 0 fully saturated rings. The summed E-state index contributed by atoms with van der Waals surface area (Å²) in [5, 5.41) is 51.4. The SMILES string of the molecule is O=C(O)C(O)C(O)C(O)(C(=O)O)C(=O)O. The number of aliphatic carboxylic acids is 3. The van der Waals surface area contributed by atoms with Gasteiger partial charge in [0.05, 0.1) is 0 Å². The molecule has 15 heavy (non-hydrogen) atoms. The lowest BCUT2D eigenvalue weighted by Crippen LogP contribution is -2.61. The van der Waals surface area contributed by atoms with Gasteiger partial charge in [-0.3, -0.25) is 0 Å². The lowest BCUT2D eigenvalue weighted by Gasteiger charge is -2.25. The first kappa shape index (κ1) is 13.3. The van der Waals surface area contributed by atoms with Crippen LogP contribution in [0.15, 0.2) is 0 Å². The van der Waals surface area contributed by atoms with Gasteiger partial charge in [-0.15, -0.1) is 0 Å². The molecule has 0 spiro atoms. The third-order valence-electron chi connectivity index (χ3n) is 1.63. The first-order valence-corrected chi connectivity index (χ1v) is 3.43. The lowest BCUT2D eigenvalue weighted by molar-refractivity contribution is -0.199. The van der Waals surface area contributed by atoms with Crippen molar-refractivity contribution < 1.29 is 45.0 Å². The molecule has 0 aliphatic rings. The van der Waals surface area contributed by atoms with Crippen molar-refractivity contribution in [3.63, 3.8) is 0 Å². The molecule has 0 aromatic rings. The summed E-state index contributed by atoms with van der Waals surface area (Å²) in [4.78, 5) is 30.8. The molecule has 0 rings (SSSR count). The highest BCUT2D eigenvalue weighted by Gasteiger charge is 2.55. The smallest absolute Gasteiger partial charge is 0.350 e. The Morgan fingerprint density at radius 1 is 0.933 bits per heavy atom. The molecule has 0 heterocycles. The van der Waals surface area contributed by atoms with E-state index in [9.17, 15) is 14.4 Å². The Balaban J connectivity index is 5.20. The fourth-order valence-electron chi connectivity index (χ4n) is 0.708. The van der Waals surface area contributed by atoms with E-state index in [0.29, 0.717) is 0 Å². The number of carboxylic acids is 3. The zero-order valence-corrected chi connectivity index (χ0v) is 7.06. The fourth-order valence-corrected chi connectivity index (χ4v) is 0.708. The van der Waals surface area contributed by atoms with Gasteiger partial charge < -0.3 is 30.6 Å². The molecule has 0 aliphatic heterocycles. The van der Waals surface area contributed by atoms with Gasteiger partial charge in [0, 0.05) is 0 Å².